The van der Waals surface area contributed by atoms with E-state index in [1.165, 1.54) is 12.3 Å². The second kappa shape index (κ2) is 1.65. The van der Waals surface area contributed by atoms with Crippen molar-refractivity contribution in [2.45, 2.75) is 0 Å². The molecule has 1 aromatic heterocycles. The van der Waals surface area contributed by atoms with Gasteiger partial charge in [-0.1, -0.05) is 0 Å². The Morgan fingerprint density at radius 1 is 1.38 bits per heavy atom. The van der Waals surface area contributed by atoms with Gasteiger partial charge in [-0.15, -0.1) is 0 Å². The van der Waals surface area contributed by atoms with E-state index in [0.29, 0.717) is 0 Å². The average Bonchev–Trinajstić information content (AvgIpc) is 1.64. The molecule has 1 heterocycles. The molecule has 4 heteroatoms. The number of hydrogen-bond donors (Lipinski definition) is 2. The van der Waals surface area contributed by atoms with Gasteiger partial charge in [-0.05, 0) is 0 Å². The minimum absolute atomic E-state index is 0.381. The molecule has 0 unspecified atom stereocenters. The van der Waals surface area contributed by atoms with Crippen molar-refractivity contribution < 1.29 is 0 Å². The fourth-order valence-electron chi connectivity index (χ4n) is 0.383. The number of H-pyrrole nitrogens is 2. The van der Waals surface area contributed by atoms with Gasteiger partial charge in [0, 0.05) is 12.3 Å². The lowest BCUT2D eigenvalue weighted by molar-refractivity contribution is 1.04. The Balaban J connectivity index is 3.50. The Labute approximate surface area is 44.2 Å². The molecule has 0 saturated heterocycles. The molecule has 1 rings (SSSR count). The third-order valence-corrected chi connectivity index (χ3v) is 0.686. The van der Waals surface area contributed by atoms with Crippen LogP contribution in [0.25, 0.3) is 0 Å². The molecule has 0 saturated carbocycles. The molecule has 0 bridgehead atoms. The van der Waals surface area contributed by atoms with Crippen LogP contribution in [0.3, 0.4) is 0 Å². The van der Waals surface area contributed by atoms with Gasteiger partial charge in [-0.25, -0.2) is 4.79 Å². The van der Waals surface area contributed by atoms with Gasteiger partial charge in [-0.3, -0.25) is 9.78 Å². The molecule has 0 amide bonds. The minimum atomic E-state index is -0.475. The Morgan fingerprint density at radius 3 is 2.50 bits per heavy atom. The maximum absolute atomic E-state index is 10.2. The highest BCUT2D eigenvalue weighted by molar-refractivity contribution is 4.77. The molecule has 0 aromatic carbocycles. The van der Waals surface area contributed by atoms with E-state index in [1.54, 1.807) is 0 Å². The van der Waals surface area contributed by atoms with Crippen molar-refractivity contribution in [1.82, 2.24) is 9.97 Å². The van der Waals surface area contributed by atoms with E-state index in [4.69, 9.17) is 0 Å². The molecule has 1 aromatic rings. The van der Waals surface area contributed by atoms with Gasteiger partial charge in [0.05, 0.1) is 0 Å². The molecule has 0 aliphatic carbocycles. The second-order valence-corrected chi connectivity index (χ2v) is 1.30. The first kappa shape index (κ1) is 4.83. The van der Waals surface area contributed by atoms with Crippen molar-refractivity contribution in [2.24, 2.45) is 0 Å². The Hall–Kier alpha value is -1.32. The summed E-state index contributed by atoms with van der Waals surface area (Å²) in [7, 11) is 0. The van der Waals surface area contributed by atoms with Crippen molar-refractivity contribution in [3.05, 3.63) is 33.1 Å². The first-order chi connectivity index (χ1) is 3.79. The zero-order valence-corrected chi connectivity index (χ0v) is 3.97. The van der Waals surface area contributed by atoms with E-state index in [0.717, 1.165) is 0 Å². The summed E-state index contributed by atoms with van der Waals surface area (Å²) in [6.07, 6.45) is 1.29. The van der Waals surface area contributed by atoms with Gasteiger partial charge in [-0.2, -0.15) is 0 Å². The lowest BCUT2D eigenvalue weighted by atomic mass is 10.9. The van der Waals surface area contributed by atoms with E-state index in [2.05, 4.69) is 4.98 Å². The van der Waals surface area contributed by atoms with E-state index >= 15 is 0 Å². The first-order valence-corrected chi connectivity index (χ1v) is 2.07. The Bertz CT molecular complexity index is 246. The van der Waals surface area contributed by atoms with Crippen LogP contribution in [0.1, 0.15) is 0 Å². The summed E-state index contributed by atoms with van der Waals surface area (Å²) in [6, 6.07) is 1.24. The van der Waals surface area contributed by atoms with Gasteiger partial charge in [0.2, 0.25) is 0 Å². The third-order valence-electron chi connectivity index (χ3n) is 0.686. The van der Waals surface area contributed by atoms with Gasteiger partial charge < -0.3 is 4.98 Å². The summed E-state index contributed by atoms with van der Waals surface area (Å²) in [6.45, 7) is 0. The smallest absolute Gasteiger partial charge is 0.314 e. The quantitative estimate of drug-likeness (QED) is 0.458. The van der Waals surface area contributed by atoms with Crippen LogP contribution < -0.4 is 11.2 Å². The number of aromatic nitrogens is 2. The molecule has 0 atom stereocenters. The Morgan fingerprint density at radius 2 is 2.12 bits per heavy atom. The molecule has 0 spiro atoms. The highest BCUT2D eigenvalue weighted by Crippen LogP contribution is 1.51. The molecular weight excluding hydrogens is 111 g/mol. The summed E-state index contributed by atoms with van der Waals surface area (Å²) < 4.78 is 0. The summed E-state index contributed by atoms with van der Waals surface area (Å²) in [5, 5.41) is 0. The predicted octanol–water partition coefficient (Wildman–Crippen LogP) is -0.937. The molecule has 0 radical (unpaired) electrons. The summed E-state index contributed by atoms with van der Waals surface area (Å²) in [5.41, 5.74) is -0.855. The highest BCUT2D eigenvalue weighted by atomic mass is 16.2. The zero-order valence-electron chi connectivity index (χ0n) is 3.97. The number of rotatable bonds is 0. The largest absolute Gasteiger partial charge is 0.325 e. The standard InChI is InChI=1S/C4H4N2O2/c7-3-1-2-5-4(8)6-3/h1-2H,(H2,5,6,7,8)/i2+1,5+1,6+1. The predicted molar refractivity (Wildman–Crippen MR) is 27.7 cm³/mol. The fourth-order valence-corrected chi connectivity index (χ4v) is 0.383. The van der Waals surface area contributed by atoms with Crippen LogP contribution in [0.2, 0.25) is 0 Å². The van der Waals surface area contributed by atoms with Crippen molar-refractivity contribution in [3.8, 4) is 0 Å². The molecule has 0 fully saturated rings. The topological polar surface area (TPSA) is 65.7 Å². The maximum Gasteiger partial charge on any atom is 0.325 e. The third kappa shape index (κ3) is 0.841. The van der Waals surface area contributed by atoms with E-state index in [9.17, 15) is 9.59 Å². The van der Waals surface area contributed by atoms with Crippen molar-refractivity contribution in [2.75, 3.05) is 0 Å². The van der Waals surface area contributed by atoms with Gasteiger partial charge >= 0.3 is 5.69 Å². The summed E-state index contributed by atoms with van der Waals surface area (Å²) in [5.74, 6) is 0. The first-order valence-electron chi connectivity index (χ1n) is 2.07. The minimum Gasteiger partial charge on any atom is -0.314 e. The molecule has 0 aliphatic heterocycles. The van der Waals surface area contributed by atoms with Crippen LogP contribution in [0.4, 0.5) is 0 Å². The number of aromatic amines is 2. The maximum atomic E-state index is 10.2. The average molecular weight is 115 g/mol. The zero-order chi connectivity index (χ0) is 5.98. The van der Waals surface area contributed by atoms with Crippen LogP contribution in [0.15, 0.2) is 21.9 Å². The van der Waals surface area contributed by atoms with Gasteiger partial charge in [0.15, 0.2) is 0 Å². The van der Waals surface area contributed by atoms with Crippen LogP contribution >= 0.6 is 0 Å². The van der Waals surface area contributed by atoms with Crippen LogP contribution in [0.5, 0.6) is 0 Å². The van der Waals surface area contributed by atoms with E-state index in [1.807, 2.05) is 4.98 Å². The molecular formula is C4H4N2O2. The van der Waals surface area contributed by atoms with Crippen LogP contribution in [-0.2, 0) is 0 Å². The van der Waals surface area contributed by atoms with Gasteiger partial charge in [0.1, 0.15) is 0 Å². The highest BCUT2D eigenvalue weighted by Gasteiger charge is 1.77. The normalized spacial score (nSPS) is 9.00. The van der Waals surface area contributed by atoms with Crippen LogP contribution in [0, 0.1) is 0 Å². The second-order valence-electron chi connectivity index (χ2n) is 1.30. The van der Waals surface area contributed by atoms with Crippen LogP contribution in [-0.4, -0.2) is 9.97 Å². The molecule has 2 N–H and O–H groups in total. The monoisotopic (exact) mass is 115 g/mol. The van der Waals surface area contributed by atoms with E-state index < -0.39 is 5.69 Å². The summed E-state index contributed by atoms with van der Waals surface area (Å²) in [4.78, 5) is 24.7. The molecule has 4 nitrogen and oxygen atoms in total. The summed E-state index contributed by atoms with van der Waals surface area (Å²) >= 11 is 0. The molecule has 0 aliphatic rings. The van der Waals surface area contributed by atoms with Crippen molar-refractivity contribution in [1.29, 1.82) is 0 Å². The SMILES string of the molecule is O=c1c[13cH][15nH]c(=O)[15nH]1. The molecule has 42 valence electrons. The Kier molecular flexibility index (Phi) is 0.997. The van der Waals surface area contributed by atoms with Crippen molar-refractivity contribution in [3.63, 3.8) is 0 Å². The number of nitrogens with one attached hydrogen (secondary N) is 2. The molecule has 8 heavy (non-hydrogen) atoms. The van der Waals surface area contributed by atoms with Gasteiger partial charge in [0.25, 0.3) is 5.56 Å². The lowest BCUT2D eigenvalue weighted by Crippen LogP contribution is -2.19. The number of hydrogen-bond acceptors (Lipinski definition) is 2. The van der Waals surface area contributed by atoms with Crippen molar-refractivity contribution >= 4 is 0 Å². The fraction of sp³-hybridized carbons (Fsp3) is 0. The lowest BCUT2D eigenvalue weighted by Gasteiger charge is -1.75. The van der Waals surface area contributed by atoms with E-state index in [-0.39, 0.29) is 5.56 Å².